The first-order valence-corrected chi connectivity index (χ1v) is 7.12. The van der Waals surface area contributed by atoms with Gasteiger partial charge in [-0.1, -0.05) is 12.1 Å². The fraction of sp³-hybridized carbons (Fsp3) is 0.235. The van der Waals surface area contributed by atoms with Crippen LogP contribution < -0.4 is 4.90 Å². The van der Waals surface area contributed by atoms with Crippen molar-refractivity contribution >= 4 is 27.6 Å². The van der Waals surface area contributed by atoms with Crippen molar-refractivity contribution in [3.05, 3.63) is 48.6 Å². The van der Waals surface area contributed by atoms with Gasteiger partial charge in [0.15, 0.2) is 11.2 Å². The Morgan fingerprint density at radius 3 is 2.67 bits per heavy atom. The number of hydrogen-bond acceptors (Lipinski definition) is 4. The van der Waals surface area contributed by atoms with Gasteiger partial charge in [0, 0.05) is 36.4 Å². The number of fused-ring (bicyclic) bond motifs is 3. The number of nitrogens with zero attached hydrogens (tertiary/aromatic N) is 3. The van der Waals surface area contributed by atoms with Gasteiger partial charge in [0.05, 0.1) is 11.4 Å². The molecule has 0 fully saturated rings. The summed E-state index contributed by atoms with van der Waals surface area (Å²) in [4.78, 5) is 8.73. The lowest BCUT2D eigenvalue weighted by molar-refractivity contribution is 0.383. The van der Waals surface area contributed by atoms with Crippen LogP contribution in [0.4, 0.5) is 5.69 Å². The molecule has 4 rings (SSSR count). The number of benzene rings is 1. The SMILES string of the molecule is Cc1nccc2c1oc1c(N3C=CN(C)C3C)cccc12. The van der Waals surface area contributed by atoms with Gasteiger partial charge in [-0.25, -0.2) is 0 Å². The molecule has 0 saturated heterocycles. The Morgan fingerprint density at radius 2 is 1.90 bits per heavy atom. The average Bonchev–Trinajstić information content (AvgIpc) is 3.02. The predicted molar refractivity (Wildman–Crippen MR) is 85.1 cm³/mol. The lowest BCUT2D eigenvalue weighted by atomic mass is 10.1. The molecule has 1 unspecified atom stereocenters. The normalized spacial score (nSPS) is 18.3. The van der Waals surface area contributed by atoms with Crippen LogP contribution in [0.25, 0.3) is 21.9 Å². The molecule has 0 bridgehead atoms. The topological polar surface area (TPSA) is 32.5 Å². The summed E-state index contributed by atoms with van der Waals surface area (Å²) in [5.74, 6) is 0. The van der Waals surface area contributed by atoms with Gasteiger partial charge < -0.3 is 14.2 Å². The van der Waals surface area contributed by atoms with Crippen LogP contribution in [0.5, 0.6) is 0 Å². The molecule has 0 aliphatic carbocycles. The van der Waals surface area contributed by atoms with Crippen LogP contribution in [0.3, 0.4) is 0 Å². The molecule has 0 radical (unpaired) electrons. The van der Waals surface area contributed by atoms with Crippen molar-refractivity contribution in [2.24, 2.45) is 0 Å². The Kier molecular flexibility index (Phi) is 2.48. The Labute approximate surface area is 123 Å². The van der Waals surface area contributed by atoms with Crippen molar-refractivity contribution in [1.82, 2.24) is 9.88 Å². The van der Waals surface area contributed by atoms with Crippen LogP contribution in [-0.4, -0.2) is 23.1 Å². The van der Waals surface area contributed by atoms with E-state index in [1.54, 1.807) is 0 Å². The quantitative estimate of drug-likeness (QED) is 0.677. The summed E-state index contributed by atoms with van der Waals surface area (Å²) in [6, 6.07) is 8.32. The zero-order chi connectivity index (χ0) is 14.6. The molecular formula is C17H17N3O. The minimum atomic E-state index is 0.281. The first-order chi connectivity index (χ1) is 10.2. The van der Waals surface area contributed by atoms with Crippen LogP contribution in [0.2, 0.25) is 0 Å². The summed E-state index contributed by atoms with van der Waals surface area (Å²) >= 11 is 0. The number of aromatic nitrogens is 1. The number of aryl methyl sites for hydroxylation is 1. The van der Waals surface area contributed by atoms with Gasteiger partial charge in [0.2, 0.25) is 0 Å². The van der Waals surface area contributed by atoms with Crippen molar-refractivity contribution in [2.45, 2.75) is 20.0 Å². The van der Waals surface area contributed by atoms with Gasteiger partial charge in [-0.15, -0.1) is 0 Å². The van der Waals surface area contributed by atoms with Crippen LogP contribution in [0, 0.1) is 6.92 Å². The minimum absolute atomic E-state index is 0.281. The molecule has 0 amide bonds. The van der Waals surface area contributed by atoms with Crippen LogP contribution in [0.1, 0.15) is 12.6 Å². The van der Waals surface area contributed by atoms with E-state index in [2.05, 4.69) is 59.4 Å². The summed E-state index contributed by atoms with van der Waals surface area (Å²) in [5, 5.41) is 2.27. The van der Waals surface area contributed by atoms with E-state index in [9.17, 15) is 0 Å². The molecule has 1 aliphatic rings. The summed E-state index contributed by atoms with van der Waals surface area (Å²) in [6.45, 7) is 4.16. The Hall–Kier alpha value is -2.49. The number of anilines is 1. The van der Waals surface area contributed by atoms with E-state index in [4.69, 9.17) is 4.42 Å². The van der Waals surface area contributed by atoms with E-state index >= 15 is 0 Å². The minimum Gasteiger partial charge on any atom is -0.452 e. The molecule has 4 nitrogen and oxygen atoms in total. The molecule has 0 saturated carbocycles. The number of pyridine rings is 1. The molecular weight excluding hydrogens is 262 g/mol. The van der Waals surface area contributed by atoms with Crippen molar-refractivity contribution in [1.29, 1.82) is 0 Å². The molecule has 0 spiro atoms. The standard InChI is InChI=1S/C17H17N3O/c1-11-16-14(7-8-18-11)13-5-4-6-15(17(13)21-16)20-10-9-19(3)12(20)2/h4-10,12H,1-3H3. The van der Waals surface area contributed by atoms with E-state index in [0.29, 0.717) is 0 Å². The van der Waals surface area contributed by atoms with Gasteiger partial charge in [-0.3, -0.25) is 4.98 Å². The molecule has 0 N–H and O–H groups in total. The smallest absolute Gasteiger partial charge is 0.159 e. The monoisotopic (exact) mass is 279 g/mol. The lowest BCUT2D eigenvalue weighted by Gasteiger charge is -2.26. The van der Waals surface area contributed by atoms with Crippen molar-refractivity contribution < 1.29 is 4.42 Å². The largest absolute Gasteiger partial charge is 0.452 e. The maximum Gasteiger partial charge on any atom is 0.159 e. The molecule has 1 aliphatic heterocycles. The highest BCUT2D eigenvalue weighted by Gasteiger charge is 2.23. The molecule has 1 atom stereocenters. The highest BCUT2D eigenvalue weighted by Crippen LogP contribution is 2.37. The molecule has 3 heterocycles. The summed E-state index contributed by atoms with van der Waals surface area (Å²) < 4.78 is 6.15. The number of para-hydroxylation sites is 1. The number of hydrogen-bond donors (Lipinski definition) is 0. The molecule has 3 aromatic rings. The second-order valence-electron chi connectivity index (χ2n) is 5.53. The van der Waals surface area contributed by atoms with Gasteiger partial charge >= 0.3 is 0 Å². The lowest BCUT2D eigenvalue weighted by Crippen LogP contribution is -2.33. The van der Waals surface area contributed by atoms with Crippen LogP contribution in [-0.2, 0) is 0 Å². The highest BCUT2D eigenvalue weighted by molar-refractivity contribution is 6.09. The van der Waals surface area contributed by atoms with Gasteiger partial charge in [0.1, 0.15) is 6.17 Å². The van der Waals surface area contributed by atoms with E-state index in [1.165, 1.54) is 0 Å². The summed E-state index contributed by atoms with van der Waals surface area (Å²) in [7, 11) is 2.08. The number of furan rings is 1. The predicted octanol–water partition coefficient (Wildman–Crippen LogP) is 3.86. The fourth-order valence-electron chi connectivity index (χ4n) is 2.95. The third-order valence-corrected chi connectivity index (χ3v) is 4.30. The molecule has 1 aromatic carbocycles. The maximum absolute atomic E-state index is 6.15. The zero-order valence-electron chi connectivity index (χ0n) is 12.4. The van der Waals surface area contributed by atoms with Gasteiger partial charge in [-0.05, 0) is 26.0 Å². The summed E-state index contributed by atoms with van der Waals surface area (Å²) in [5.41, 5.74) is 3.83. The molecule has 106 valence electrons. The van der Waals surface area contributed by atoms with Crippen LogP contribution in [0.15, 0.2) is 47.3 Å². The number of rotatable bonds is 1. The van der Waals surface area contributed by atoms with E-state index < -0.39 is 0 Å². The van der Waals surface area contributed by atoms with Gasteiger partial charge in [-0.2, -0.15) is 0 Å². The first-order valence-electron chi connectivity index (χ1n) is 7.12. The van der Waals surface area contributed by atoms with E-state index in [0.717, 1.165) is 33.3 Å². The van der Waals surface area contributed by atoms with Crippen LogP contribution >= 0.6 is 0 Å². The van der Waals surface area contributed by atoms with Gasteiger partial charge in [0.25, 0.3) is 0 Å². The Balaban J connectivity index is 2.01. The highest BCUT2D eigenvalue weighted by atomic mass is 16.3. The Bertz CT molecular complexity index is 865. The second-order valence-corrected chi connectivity index (χ2v) is 5.53. The molecule has 2 aromatic heterocycles. The molecule has 4 heteroatoms. The molecule has 21 heavy (non-hydrogen) atoms. The fourth-order valence-corrected chi connectivity index (χ4v) is 2.95. The van der Waals surface area contributed by atoms with E-state index in [-0.39, 0.29) is 6.17 Å². The summed E-state index contributed by atoms with van der Waals surface area (Å²) in [6.07, 6.45) is 6.30. The van der Waals surface area contributed by atoms with Crippen molar-refractivity contribution in [2.75, 3.05) is 11.9 Å². The van der Waals surface area contributed by atoms with Crippen molar-refractivity contribution in [3.8, 4) is 0 Å². The average molecular weight is 279 g/mol. The van der Waals surface area contributed by atoms with Crippen molar-refractivity contribution in [3.63, 3.8) is 0 Å². The zero-order valence-corrected chi connectivity index (χ0v) is 12.4. The van der Waals surface area contributed by atoms with E-state index in [1.807, 2.05) is 19.2 Å². The maximum atomic E-state index is 6.15. The first kappa shape index (κ1) is 12.3. The second kappa shape index (κ2) is 4.25. The Morgan fingerprint density at radius 1 is 1.10 bits per heavy atom. The third-order valence-electron chi connectivity index (χ3n) is 4.30. The third kappa shape index (κ3) is 1.65.